The Kier molecular flexibility index (Phi) is 18.3. The lowest BCUT2D eigenvalue weighted by atomic mass is 9.91. The quantitative estimate of drug-likeness (QED) is 0.0438. The van der Waals surface area contributed by atoms with E-state index in [-0.39, 0.29) is 50.7 Å². The number of hydrogen-bond donors (Lipinski definition) is 4. The molecule has 2 unspecified atom stereocenters. The molecule has 4 aromatic carbocycles. The molecule has 0 bridgehead atoms. The molecule has 4 N–H and O–H groups in total. The Labute approximate surface area is 464 Å². The first kappa shape index (κ1) is 56.9. The maximum absolute atomic E-state index is 13.0. The number of esters is 2. The van der Waals surface area contributed by atoms with Crippen LogP contribution >= 0.6 is 23.2 Å². The summed E-state index contributed by atoms with van der Waals surface area (Å²) in [6.45, 7) is 9.34. The van der Waals surface area contributed by atoms with Gasteiger partial charge in [0.25, 0.3) is 0 Å². The first-order valence-electron chi connectivity index (χ1n) is 25.7. The zero-order valence-corrected chi connectivity index (χ0v) is 45.8. The SMILES string of the molecule is CC(C)OC(=O)C(C)(CO)NCc1cc(Cl)c(O[C@H]2CCc3c(-c4cccc5c4CC[C@@H]5Oc4cc(OCc5cncc(C#N)c5)c(CNC(C)(CO)C(=O)OC(C)C)cc4Cl)cccc32)cc1OCc1cncc(C#N)c1. The molecule has 0 amide bonds. The minimum absolute atomic E-state index is 0.0716. The number of rotatable bonds is 23. The third-order valence-electron chi connectivity index (χ3n) is 13.7. The Balaban J connectivity index is 1.04. The fourth-order valence-electron chi connectivity index (χ4n) is 9.40. The molecule has 0 saturated heterocycles. The molecular formula is C60H62Cl2N6O10. The maximum atomic E-state index is 13.0. The molecule has 0 fully saturated rings. The van der Waals surface area contributed by atoms with Crippen molar-refractivity contribution in [3.05, 3.63) is 163 Å². The van der Waals surface area contributed by atoms with Crippen molar-refractivity contribution < 1.29 is 48.2 Å². The van der Waals surface area contributed by atoms with Crippen molar-refractivity contribution in [3.63, 3.8) is 0 Å². The Morgan fingerprint density at radius 2 is 1.05 bits per heavy atom. The lowest BCUT2D eigenvalue weighted by Crippen LogP contribution is -2.53. The van der Waals surface area contributed by atoms with Gasteiger partial charge >= 0.3 is 11.9 Å². The third kappa shape index (κ3) is 13.2. The summed E-state index contributed by atoms with van der Waals surface area (Å²) in [6, 6.07) is 27.0. The van der Waals surface area contributed by atoms with Crippen LogP contribution in [-0.2, 0) is 58.2 Å². The van der Waals surface area contributed by atoms with Crippen molar-refractivity contribution in [2.75, 3.05) is 13.2 Å². The molecule has 2 aliphatic carbocycles. The van der Waals surface area contributed by atoms with Crippen LogP contribution in [0.2, 0.25) is 10.0 Å². The molecule has 2 aromatic heterocycles. The number of carbonyl (C=O) groups excluding carboxylic acids is 2. The van der Waals surface area contributed by atoms with Crippen molar-refractivity contribution in [1.82, 2.24) is 20.6 Å². The first-order valence-corrected chi connectivity index (χ1v) is 26.5. The smallest absolute Gasteiger partial charge is 0.328 e. The predicted octanol–water partition coefficient (Wildman–Crippen LogP) is 10.1. The number of halogens is 2. The van der Waals surface area contributed by atoms with Gasteiger partial charge in [-0.3, -0.25) is 20.6 Å². The first-order chi connectivity index (χ1) is 37.4. The Morgan fingerprint density at radius 1 is 0.641 bits per heavy atom. The number of ether oxygens (including phenoxy) is 6. The van der Waals surface area contributed by atoms with E-state index in [9.17, 15) is 30.3 Å². The summed E-state index contributed by atoms with van der Waals surface area (Å²) < 4.78 is 37.2. The number of nitriles is 2. The molecule has 0 radical (unpaired) electrons. The van der Waals surface area contributed by atoms with E-state index in [0.717, 1.165) is 46.2 Å². The van der Waals surface area contributed by atoms with Crippen LogP contribution < -0.4 is 29.6 Å². The van der Waals surface area contributed by atoms with Gasteiger partial charge in [0.15, 0.2) is 0 Å². The van der Waals surface area contributed by atoms with Crippen LogP contribution in [0.4, 0.5) is 0 Å². The van der Waals surface area contributed by atoms with Crippen molar-refractivity contribution in [2.24, 2.45) is 0 Å². The fraction of sp³-hybridized carbons (Fsp3) is 0.367. The molecule has 2 aliphatic rings. The number of carbonyl (C=O) groups is 2. The third-order valence-corrected chi connectivity index (χ3v) is 14.3. The van der Waals surface area contributed by atoms with Gasteiger partial charge in [0, 0.05) is 72.3 Å². The van der Waals surface area contributed by atoms with E-state index >= 15 is 0 Å². The van der Waals surface area contributed by atoms with Crippen molar-refractivity contribution in [1.29, 1.82) is 10.5 Å². The standard InChI is InChI=1S/C60H62Cl2N6O10/c1-35(2)75-57(71)59(5,33-69)67-29-41-19-49(61)55(21-53(41)73-31-39-17-37(23-63)25-65-27-39)77-51-15-13-45-43(9-7-11-47(45)51)44-10-8-12-48-46(44)14-16-52(48)78-56-22-54(74-32-40-18-38(24-64)26-66-28-40)42(20-50(56)62)30-68-60(6,34-70)58(72)76-36(3)4/h7-12,17-22,25-28,35-36,51-52,67-70H,13-16,29-34H2,1-6H3/t51-,52-,59?,60?/m0/s1. The van der Waals surface area contributed by atoms with Gasteiger partial charge < -0.3 is 38.6 Å². The zero-order valence-electron chi connectivity index (χ0n) is 44.3. The number of pyridine rings is 2. The minimum atomic E-state index is -1.42. The average Bonchev–Trinajstić information content (AvgIpc) is 4.16. The number of aliphatic hydroxyl groups is 2. The number of nitrogens with zero attached hydrogens (tertiary/aromatic N) is 4. The normalized spacial score (nSPS) is 16.0. The van der Waals surface area contributed by atoms with Gasteiger partial charge in [0.1, 0.15) is 71.6 Å². The molecule has 406 valence electrons. The lowest BCUT2D eigenvalue weighted by Gasteiger charge is -2.28. The Bertz CT molecular complexity index is 3050. The molecule has 0 spiro atoms. The number of benzene rings is 4. The molecule has 18 heteroatoms. The summed E-state index contributed by atoms with van der Waals surface area (Å²) in [5, 5.41) is 46.5. The molecule has 16 nitrogen and oxygen atoms in total. The highest BCUT2D eigenvalue weighted by molar-refractivity contribution is 6.32. The van der Waals surface area contributed by atoms with Gasteiger partial charge in [-0.25, -0.2) is 9.59 Å². The number of hydrogen-bond acceptors (Lipinski definition) is 16. The van der Waals surface area contributed by atoms with Crippen LogP contribution in [0.3, 0.4) is 0 Å². The van der Waals surface area contributed by atoms with Crippen LogP contribution in [0.15, 0.2) is 97.6 Å². The highest BCUT2D eigenvalue weighted by Gasteiger charge is 2.37. The zero-order chi connectivity index (χ0) is 55.7. The Hall–Kier alpha value is -7.28. The van der Waals surface area contributed by atoms with Crippen molar-refractivity contribution in [2.45, 2.75) is 129 Å². The summed E-state index contributed by atoms with van der Waals surface area (Å²) >= 11 is 14.0. The summed E-state index contributed by atoms with van der Waals surface area (Å²) in [6.07, 6.45) is 7.54. The highest BCUT2D eigenvalue weighted by atomic mass is 35.5. The highest BCUT2D eigenvalue weighted by Crippen LogP contribution is 2.47. The van der Waals surface area contributed by atoms with Crippen molar-refractivity contribution in [3.8, 4) is 46.3 Å². The minimum Gasteiger partial charge on any atom is -0.488 e. The molecule has 0 saturated carbocycles. The summed E-state index contributed by atoms with van der Waals surface area (Å²) in [4.78, 5) is 34.4. The maximum Gasteiger partial charge on any atom is 0.328 e. The summed E-state index contributed by atoms with van der Waals surface area (Å²) in [5.41, 5.74) is 7.03. The van der Waals surface area contributed by atoms with Crippen LogP contribution in [0.25, 0.3) is 11.1 Å². The average molecular weight is 1100 g/mol. The van der Waals surface area contributed by atoms with Crippen LogP contribution in [0.1, 0.15) is 122 Å². The van der Waals surface area contributed by atoms with Crippen molar-refractivity contribution >= 4 is 35.1 Å². The largest absolute Gasteiger partial charge is 0.488 e. The molecule has 0 aliphatic heterocycles. The topological polar surface area (TPSA) is 227 Å². The van der Waals surface area contributed by atoms with E-state index in [1.54, 1.807) is 90.3 Å². The fourth-order valence-corrected chi connectivity index (χ4v) is 9.86. The second-order valence-electron chi connectivity index (χ2n) is 20.4. The molecule has 6 aromatic rings. The number of fused-ring (bicyclic) bond motifs is 2. The van der Waals surface area contributed by atoms with E-state index in [1.807, 2.05) is 12.1 Å². The van der Waals surface area contributed by atoms with E-state index in [4.69, 9.17) is 51.6 Å². The molecular weight excluding hydrogens is 1040 g/mol. The molecule has 2 heterocycles. The van der Waals surface area contributed by atoms with Crippen LogP contribution in [0, 0.1) is 22.7 Å². The van der Waals surface area contributed by atoms with Gasteiger partial charge in [-0.2, -0.15) is 10.5 Å². The van der Waals surface area contributed by atoms with E-state index < -0.39 is 36.2 Å². The number of nitrogens with one attached hydrogen (secondary N) is 2. The van der Waals surface area contributed by atoms with E-state index in [0.29, 0.717) is 79.3 Å². The van der Waals surface area contributed by atoms with Gasteiger partial charge in [0.2, 0.25) is 0 Å². The molecule has 8 rings (SSSR count). The lowest BCUT2D eigenvalue weighted by molar-refractivity contribution is -0.157. The summed E-state index contributed by atoms with van der Waals surface area (Å²) in [7, 11) is 0. The second-order valence-corrected chi connectivity index (χ2v) is 21.2. The van der Waals surface area contributed by atoms with E-state index in [1.165, 1.54) is 12.4 Å². The monoisotopic (exact) mass is 1100 g/mol. The molecule has 4 atom stereocenters. The van der Waals surface area contributed by atoms with E-state index in [2.05, 4.69) is 57.0 Å². The predicted molar refractivity (Wildman–Crippen MR) is 292 cm³/mol. The number of aliphatic hydroxyl groups excluding tert-OH is 2. The summed E-state index contributed by atoms with van der Waals surface area (Å²) in [5.74, 6) is 0.398. The van der Waals surface area contributed by atoms with Crippen LogP contribution in [0.5, 0.6) is 23.0 Å². The Morgan fingerprint density at radius 3 is 1.42 bits per heavy atom. The second kappa shape index (κ2) is 25.0. The van der Waals surface area contributed by atoms with Gasteiger partial charge in [-0.15, -0.1) is 0 Å². The van der Waals surface area contributed by atoms with Gasteiger partial charge in [-0.05, 0) is 125 Å². The number of aromatic nitrogens is 2. The molecule has 78 heavy (non-hydrogen) atoms. The van der Waals surface area contributed by atoms with Gasteiger partial charge in [0.05, 0.1) is 46.6 Å². The van der Waals surface area contributed by atoms with Gasteiger partial charge in [-0.1, -0.05) is 59.6 Å². The van der Waals surface area contributed by atoms with Crippen LogP contribution in [-0.4, -0.2) is 68.6 Å².